The topological polar surface area (TPSA) is 87.7 Å². The fourth-order valence-electron chi connectivity index (χ4n) is 3.01. The van der Waals surface area contributed by atoms with Crippen LogP contribution in [0.4, 0.5) is 10.5 Å². The number of urea groups is 1. The van der Waals surface area contributed by atoms with Crippen LogP contribution >= 0.6 is 0 Å². The molecule has 2 aromatic carbocycles. The first kappa shape index (κ1) is 19.2. The summed E-state index contributed by atoms with van der Waals surface area (Å²) in [5.74, 6) is 0.612. The molecule has 0 saturated carbocycles. The maximum absolute atomic E-state index is 12.7. The number of piperidine rings is 1. The van der Waals surface area contributed by atoms with Crippen LogP contribution in [-0.4, -0.2) is 45.0 Å². The SMILES string of the molecule is COc1ccc(S(=O)(=O)N2CCC(NC(=O)Nc3ccccc3)CC2)cc1. The number of hydrogen-bond acceptors (Lipinski definition) is 4. The fourth-order valence-corrected chi connectivity index (χ4v) is 4.48. The third-order valence-corrected chi connectivity index (χ3v) is 6.43. The summed E-state index contributed by atoms with van der Waals surface area (Å²) in [6, 6.07) is 15.2. The standard InChI is InChI=1S/C19H23N3O4S/c1-26-17-7-9-18(10-8-17)27(24,25)22-13-11-16(12-14-22)21-19(23)20-15-5-3-2-4-6-15/h2-10,16H,11-14H2,1H3,(H2,20,21,23). The molecule has 1 heterocycles. The van der Waals surface area contributed by atoms with Gasteiger partial charge in [-0.05, 0) is 49.2 Å². The largest absolute Gasteiger partial charge is 0.497 e. The highest BCUT2D eigenvalue weighted by Crippen LogP contribution is 2.23. The Bertz CT molecular complexity index is 862. The molecule has 0 unspecified atom stereocenters. The number of nitrogens with one attached hydrogen (secondary N) is 2. The zero-order valence-electron chi connectivity index (χ0n) is 15.1. The van der Waals surface area contributed by atoms with Crippen molar-refractivity contribution in [1.29, 1.82) is 0 Å². The van der Waals surface area contributed by atoms with Crippen molar-refractivity contribution in [2.75, 3.05) is 25.5 Å². The van der Waals surface area contributed by atoms with Gasteiger partial charge in [-0.15, -0.1) is 0 Å². The Morgan fingerprint density at radius 1 is 1.04 bits per heavy atom. The van der Waals surface area contributed by atoms with E-state index in [2.05, 4.69) is 10.6 Å². The second kappa shape index (κ2) is 8.41. The molecule has 7 nitrogen and oxygen atoms in total. The van der Waals surface area contributed by atoms with Crippen LogP contribution in [0.3, 0.4) is 0 Å². The molecular formula is C19H23N3O4S. The average Bonchev–Trinajstić information content (AvgIpc) is 2.69. The molecule has 0 aliphatic carbocycles. The summed E-state index contributed by atoms with van der Waals surface area (Å²) in [5, 5.41) is 5.68. The Labute approximate surface area is 159 Å². The minimum absolute atomic E-state index is 0.0592. The van der Waals surface area contributed by atoms with Crippen molar-refractivity contribution in [2.24, 2.45) is 0 Å². The van der Waals surface area contributed by atoms with Gasteiger partial charge in [-0.25, -0.2) is 13.2 Å². The highest BCUT2D eigenvalue weighted by Gasteiger charge is 2.29. The Hall–Kier alpha value is -2.58. The third kappa shape index (κ3) is 4.78. The van der Waals surface area contributed by atoms with Crippen LogP contribution in [0.5, 0.6) is 5.75 Å². The van der Waals surface area contributed by atoms with Gasteiger partial charge in [0.1, 0.15) is 5.75 Å². The molecule has 0 spiro atoms. The van der Waals surface area contributed by atoms with Crippen LogP contribution in [0.2, 0.25) is 0 Å². The van der Waals surface area contributed by atoms with Crippen LogP contribution in [-0.2, 0) is 10.0 Å². The van der Waals surface area contributed by atoms with Crippen molar-refractivity contribution in [2.45, 2.75) is 23.8 Å². The van der Waals surface area contributed by atoms with E-state index in [0.717, 1.165) is 5.69 Å². The lowest BCUT2D eigenvalue weighted by atomic mass is 10.1. The van der Waals surface area contributed by atoms with E-state index < -0.39 is 10.0 Å². The minimum atomic E-state index is -3.54. The lowest BCUT2D eigenvalue weighted by Gasteiger charge is -2.31. The molecule has 2 aromatic rings. The molecule has 2 N–H and O–H groups in total. The number of anilines is 1. The zero-order chi connectivity index (χ0) is 19.3. The molecule has 3 rings (SSSR count). The van der Waals surface area contributed by atoms with E-state index in [9.17, 15) is 13.2 Å². The second-order valence-corrected chi connectivity index (χ2v) is 8.26. The molecule has 1 fully saturated rings. The molecule has 0 bridgehead atoms. The van der Waals surface area contributed by atoms with Crippen molar-refractivity contribution < 1.29 is 17.9 Å². The molecule has 2 amide bonds. The van der Waals surface area contributed by atoms with Crippen molar-refractivity contribution >= 4 is 21.7 Å². The van der Waals surface area contributed by atoms with E-state index in [4.69, 9.17) is 4.74 Å². The Morgan fingerprint density at radius 3 is 2.26 bits per heavy atom. The number of carbonyl (C=O) groups excluding carboxylic acids is 1. The summed E-state index contributed by atoms with van der Waals surface area (Å²) in [5.41, 5.74) is 0.717. The number of hydrogen-bond donors (Lipinski definition) is 2. The third-order valence-electron chi connectivity index (χ3n) is 4.52. The molecule has 144 valence electrons. The molecule has 1 saturated heterocycles. The summed E-state index contributed by atoms with van der Waals surface area (Å²) < 4.78 is 32.0. The van der Waals surface area contributed by atoms with Crippen molar-refractivity contribution in [3.63, 3.8) is 0 Å². The minimum Gasteiger partial charge on any atom is -0.497 e. The van der Waals surface area contributed by atoms with Crippen molar-refractivity contribution in [3.05, 3.63) is 54.6 Å². The number of carbonyl (C=O) groups is 1. The number of methoxy groups -OCH3 is 1. The summed E-state index contributed by atoms with van der Waals surface area (Å²) in [7, 11) is -2.00. The van der Waals surface area contributed by atoms with Gasteiger partial charge >= 0.3 is 6.03 Å². The highest BCUT2D eigenvalue weighted by molar-refractivity contribution is 7.89. The quantitative estimate of drug-likeness (QED) is 0.823. The Balaban J connectivity index is 1.54. The monoisotopic (exact) mass is 389 g/mol. The number of nitrogens with zero attached hydrogens (tertiary/aromatic N) is 1. The van der Waals surface area contributed by atoms with Crippen LogP contribution in [0, 0.1) is 0 Å². The summed E-state index contributed by atoms with van der Waals surface area (Å²) in [4.78, 5) is 12.3. The lowest BCUT2D eigenvalue weighted by Crippen LogP contribution is -2.47. The lowest BCUT2D eigenvalue weighted by molar-refractivity contribution is 0.238. The number of sulfonamides is 1. The number of benzene rings is 2. The number of para-hydroxylation sites is 1. The summed E-state index contributed by atoms with van der Waals surface area (Å²) in [6.45, 7) is 0.731. The molecule has 1 aliphatic rings. The van der Waals surface area contributed by atoms with Gasteiger partial charge in [-0.1, -0.05) is 18.2 Å². The van der Waals surface area contributed by atoms with Gasteiger partial charge < -0.3 is 15.4 Å². The van der Waals surface area contributed by atoms with Gasteiger partial charge in [0.25, 0.3) is 0 Å². The van der Waals surface area contributed by atoms with Gasteiger partial charge in [0, 0.05) is 24.8 Å². The van der Waals surface area contributed by atoms with Crippen LogP contribution in [0.1, 0.15) is 12.8 Å². The molecule has 1 aliphatic heterocycles. The molecular weight excluding hydrogens is 366 g/mol. The van der Waals surface area contributed by atoms with Crippen LogP contribution < -0.4 is 15.4 Å². The van der Waals surface area contributed by atoms with Gasteiger partial charge in [-0.3, -0.25) is 0 Å². The molecule has 0 atom stereocenters. The number of ether oxygens (including phenoxy) is 1. The zero-order valence-corrected chi connectivity index (χ0v) is 15.9. The van der Waals surface area contributed by atoms with Crippen molar-refractivity contribution in [1.82, 2.24) is 9.62 Å². The normalized spacial score (nSPS) is 15.9. The van der Waals surface area contributed by atoms with Crippen LogP contribution in [0.15, 0.2) is 59.5 Å². The summed E-state index contributed by atoms with van der Waals surface area (Å²) >= 11 is 0. The van der Waals surface area contributed by atoms with E-state index in [1.54, 1.807) is 24.3 Å². The Kier molecular flexibility index (Phi) is 5.98. The smallest absolute Gasteiger partial charge is 0.319 e. The van der Waals surface area contributed by atoms with Gasteiger partial charge in [0.15, 0.2) is 0 Å². The van der Waals surface area contributed by atoms with E-state index in [1.165, 1.54) is 11.4 Å². The number of rotatable bonds is 5. The van der Waals surface area contributed by atoms with E-state index in [1.807, 2.05) is 30.3 Å². The number of amides is 2. The fraction of sp³-hybridized carbons (Fsp3) is 0.316. The second-order valence-electron chi connectivity index (χ2n) is 6.32. The first-order chi connectivity index (χ1) is 13.0. The predicted molar refractivity (Wildman–Crippen MR) is 103 cm³/mol. The average molecular weight is 389 g/mol. The predicted octanol–water partition coefficient (Wildman–Crippen LogP) is 2.67. The summed E-state index contributed by atoms with van der Waals surface area (Å²) in [6.07, 6.45) is 1.13. The highest BCUT2D eigenvalue weighted by atomic mass is 32.2. The first-order valence-electron chi connectivity index (χ1n) is 8.76. The van der Waals surface area contributed by atoms with E-state index >= 15 is 0 Å². The van der Waals surface area contributed by atoms with Gasteiger partial charge in [0.2, 0.25) is 10.0 Å². The van der Waals surface area contributed by atoms with Crippen LogP contribution in [0.25, 0.3) is 0 Å². The molecule has 0 radical (unpaired) electrons. The molecule has 27 heavy (non-hydrogen) atoms. The maximum atomic E-state index is 12.7. The van der Waals surface area contributed by atoms with Gasteiger partial charge in [-0.2, -0.15) is 4.31 Å². The molecule has 0 aromatic heterocycles. The maximum Gasteiger partial charge on any atom is 0.319 e. The van der Waals surface area contributed by atoms with E-state index in [0.29, 0.717) is 31.7 Å². The van der Waals surface area contributed by atoms with E-state index in [-0.39, 0.29) is 17.0 Å². The molecule has 8 heteroatoms. The van der Waals surface area contributed by atoms with Crippen molar-refractivity contribution in [3.8, 4) is 5.75 Å². The Morgan fingerprint density at radius 2 is 1.67 bits per heavy atom. The first-order valence-corrected chi connectivity index (χ1v) is 10.2. The van der Waals surface area contributed by atoms with Gasteiger partial charge in [0.05, 0.1) is 12.0 Å².